The Kier molecular flexibility index (Phi) is 8.54. The van der Waals surface area contributed by atoms with Crippen molar-refractivity contribution in [1.82, 2.24) is 10.2 Å². The minimum Gasteiger partial charge on any atom is -0.466 e. The largest absolute Gasteiger partial charge is 0.466 e. The van der Waals surface area contributed by atoms with Gasteiger partial charge in [-0.3, -0.25) is 14.4 Å². The molecule has 0 bridgehead atoms. The minimum atomic E-state index is -0.704. The van der Waals surface area contributed by atoms with Gasteiger partial charge in [0.2, 0.25) is 11.8 Å². The molecule has 0 aromatic heterocycles. The van der Waals surface area contributed by atoms with Crippen molar-refractivity contribution in [3.05, 3.63) is 12.2 Å². The van der Waals surface area contributed by atoms with Crippen LogP contribution in [0.25, 0.3) is 0 Å². The number of fused-ring (bicyclic) bond motifs is 1. The fourth-order valence-corrected chi connectivity index (χ4v) is 5.71. The normalized spacial score (nSPS) is 27.9. The van der Waals surface area contributed by atoms with Crippen LogP contribution in [0.4, 0.5) is 0 Å². The molecule has 0 aromatic carbocycles. The molecule has 2 amide bonds. The number of aliphatic hydroxyl groups is 1. The molecule has 7 heteroatoms. The fourth-order valence-electron chi connectivity index (χ4n) is 5.71. The number of carbonyl (C=O) groups is 3. The van der Waals surface area contributed by atoms with E-state index in [1.54, 1.807) is 11.8 Å². The highest BCUT2D eigenvalue weighted by Gasteiger charge is 2.57. The first-order chi connectivity index (χ1) is 14.9. The second-order valence-corrected chi connectivity index (χ2v) is 11.0. The second kappa shape index (κ2) is 10.4. The van der Waals surface area contributed by atoms with Crippen molar-refractivity contribution in [2.75, 3.05) is 19.8 Å². The van der Waals surface area contributed by atoms with Crippen LogP contribution in [0.2, 0.25) is 0 Å². The Labute approximate surface area is 192 Å². The number of rotatable bonds is 9. The number of aliphatic hydroxyl groups excluding tert-OH is 1. The molecule has 0 radical (unpaired) electrons. The summed E-state index contributed by atoms with van der Waals surface area (Å²) in [6.07, 6.45) is 5.79. The number of nitrogens with zero attached hydrogens (tertiary/aromatic N) is 1. The van der Waals surface area contributed by atoms with Gasteiger partial charge in [0.05, 0.1) is 18.4 Å². The average Bonchev–Trinajstić information content (AvgIpc) is 2.95. The minimum absolute atomic E-state index is 0.0233. The zero-order chi connectivity index (χ0) is 24.3. The van der Waals surface area contributed by atoms with Crippen LogP contribution in [0.5, 0.6) is 0 Å². The maximum absolute atomic E-state index is 13.6. The quantitative estimate of drug-likeness (QED) is 0.416. The number of allylic oxidation sites excluding steroid dienone is 1. The van der Waals surface area contributed by atoms with Crippen LogP contribution in [-0.4, -0.2) is 59.1 Å². The SMILES string of the molecule is CCOC(=O)[C@H]1[C@@H]2C(=O)N(CCCO)[C@H](C(=O)NC(C)(C)CC(C)(C)C)[C@H]2C=C[C@H]1CC. The Balaban J connectivity index is 2.41. The van der Waals surface area contributed by atoms with Crippen LogP contribution in [0.15, 0.2) is 12.2 Å². The standard InChI is InChI=1S/C25H42N2O5/c1-8-16-11-12-17-19(18(16)23(31)32-9-2)22(30)27(13-10-14-28)20(17)21(29)26-25(6,7)15-24(3,4)5/h11-12,16-20,28H,8-10,13-15H2,1-7H3,(H,26,29)/t16-,17+,18-,19-,20+/m1/s1. The highest BCUT2D eigenvalue weighted by molar-refractivity contribution is 5.96. The van der Waals surface area contributed by atoms with Gasteiger partial charge in [0.1, 0.15) is 6.04 Å². The summed E-state index contributed by atoms with van der Waals surface area (Å²) in [6, 6.07) is -0.704. The number of carbonyl (C=O) groups excluding carboxylic acids is 3. The molecule has 182 valence electrons. The Morgan fingerprint density at radius 2 is 1.81 bits per heavy atom. The number of likely N-dealkylation sites (tertiary alicyclic amines) is 1. The van der Waals surface area contributed by atoms with Gasteiger partial charge in [0.25, 0.3) is 0 Å². The van der Waals surface area contributed by atoms with E-state index in [0.29, 0.717) is 12.8 Å². The summed E-state index contributed by atoms with van der Waals surface area (Å²) < 4.78 is 5.33. The molecule has 2 aliphatic rings. The van der Waals surface area contributed by atoms with E-state index >= 15 is 0 Å². The predicted octanol–water partition coefficient (Wildman–Crippen LogP) is 2.92. The molecule has 1 saturated heterocycles. The second-order valence-electron chi connectivity index (χ2n) is 11.0. The molecule has 0 spiro atoms. The van der Waals surface area contributed by atoms with Crippen LogP contribution in [0.3, 0.4) is 0 Å². The zero-order valence-electron chi connectivity index (χ0n) is 20.8. The van der Waals surface area contributed by atoms with Crippen LogP contribution in [-0.2, 0) is 19.1 Å². The first kappa shape index (κ1) is 26.4. The first-order valence-electron chi connectivity index (χ1n) is 11.9. The Morgan fingerprint density at radius 3 is 2.34 bits per heavy atom. The molecule has 0 unspecified atom stereocenters. The highest BCUT2D eigenvalue weighted by Crippen LogP contribution is 2.45. The number of nitrogens with one attached hydrogen (secondary N) is 1. The van der Waals surface area contributed by atoms with E-state index < -0.39 is 29.3 Å². The number of esters is 1. The molecule has 2 N–H and O–H groups in total. The van der Waals surface area contributed by atoms with E-state index in [1.807, 2.05) is 32.9 Å². The number of hydrogen-bond acceptors (Lipinski definition) is 5. The Bertz CT molecular complexity index is 724. The van der Waals surface area contributed by atoms with Crippen molar-refractivity contribution < 1.29 is 24.2 Å². The zero-order valence-corrected chi connectivity index (χ0v) is 20.8. The lowest BCUT2D eigenvalue weighted by Crippen LogP contribution is -2.54. The predicted molar refractivity (Wildman–Crippen MR) is 124 cm³/mol. The third kappa shape index (κ3) is 5.91. The van der Waals surface area contributed by atoms with E-state index in [-0.39, 0.29) is 48.9 Å². The van der Waals surface area contributed by atoms with Gasteiger partial charge in [-0.1, -0.05) is 39.8 Å². The van der Waals surface area contributed by atoms with Gasteiger partial charge in [-0.05, 0) is 51.4 Å². The third-order valence-corrected chi connectivity index (χ3v) is 6.40. The van der Waals surface area contributed by atoms with Crippen molar-refractivity contribution in [1.29, 1.82) is 0 Å². The average molecular weight is 451 g/mol. The lowest BCUT2D eigenvalue weighted by atomic mass is 9.69. The topological polar surface area (TPSA) is 95.9 Å². The molecule has 1 aliphatic heterocycles. The van der Waals surface area contributed by atoms with E-state index in [9.17, 15) is 19.5 Å². The molecule has 32 heavy (non-hydrogen) atoms. The molecular formula is C25H42N2O5. The number of ether oxygens (including phenoxy) is 1. The van der Waals surface area contributed by atoms with Crippen molar-refractivity contribution >= 4 is 17.8 Å². The molecule has 0 saturated carbocycles. The summed E-state index contributed by atoms with van der Waals surface area (Å²) in [5.41, 5.74) is -0.431. The van der Waals surface area contributed by atoms with Crippen molar-refractivity contribution in [2.45, 2.75) is 79.3 Å². The van der Waals surface area contributed by atoms with Gasteiger partial charge in [-0.2, -0.15) is 0 Å². The van der Waals surface area contributed by atoms with Gasteiger partial charge < -0.3 is 20.1 Å². The lowest BCUT2D eigenvalue weighted by Gasteiger charge is -2.37. The fraction of sp³-hybridized carbons (Fsp3) is 0.800. The molecule has 0 aromatic rings. The summed E-state index contributed by atoms with van der Waals surface area (Å²) in [5, 5.41) is 12.5. The van der Waals surface area contributed by atoms with E-state index in [4.69, 9.17) is 4.74 Å². The van der Waals surface area contributed by atoms with E-state index in [2.05, 4.69) is 26.1 Å². The molecule has 1 aliphatic carbocycles. The monoisotopic (exact) mass is 450 g/mol. The van der Waals surface area contributed by atoms with Crippen molar-refractivity contribution in [3.63, 3.8) is 0 Å². The number of hydrogen-bond donors (Lipinski definition) is 2. The van der Waals surface area contributed by atoms with Crippen LogP contribution >= 0.6 is 0 Å². The summed E-state index contributed by atoms with van der Waals surface area (Å²) in [7, 11) is 0. The summed E-state index contributed by atoms with van der Waals surface area (Å²) in [6.45, 7) is 14.6. The smallest absolute Gasteiger partial charge is 0.310 e. The van der Waals surface area contributed by atoms with Gasteiger partial charge in [0, 0.05) is 24.6 Å². The summed E-state index contributed by atoms with van der Waals surface area (Å²) in [4.78, 5) is 41.6. The van der Waals surface area contributed by atoms with E-state index in [1.165, 1.54) is 0 Å². The van der Waals surface area contributed by atoms with Crippen LogP contribution < -0.4 is 5.32 Å². The molecule has 2 rings (SSSR count). The molecular weight excluding hydrogens is 408 g/mol. The molecule has 5 atom stereocenters. The third-order valence-electron chi connectivity index (χ3n) is 6.40. The first-order valence-corrected chi connectivity index (χ1v) is 11.9. The van der Waals surface area contributed by atoms with Gasteiger partial charge in [0.15, 0.2) is 0 Å². The van der Waals surface area contributed by atoms with Crippen molar-refractivity contribution in [3.8, 4) is 0 Å². The van der Waals surface area contributed by atoms with Crippen molar-refractivity contribution in [2.24, 2.45) is 29.1 Å². The summed E-state index contributed by atoms with van der Waals surface area (Å²) in [5.74, 6) is -2.49. The molecule has 7 nitrogen and oxygen atoms in total. The highest BCUT2D eigenvalue weighted by atomic mass is 16.5. The van der Waals surface area contributed by atoms with Crippen LogP contribution in [0, 0.1) is 29.1 Å². The van der Waals surface area contributed by atoms with Gasteiger partial charge in [-0.15, -0.1) is 0 Å². The van der Waals surface area contributed by atoms with Crippen LogP contribution in [0.1, 0.15) is 67.7 Å². The van der Waals surface area contributed by atoms with E-state index in [0.717, 1.165) is 6.42 Å². The molecule has 1 heterocycles. The maximum Gasteiger partial charge on any atom is 0.310 e. The maximum atomic E-state index is 13.6. The molecule has 1 fully saturated rings. The summed E-state index contributed by atoms with van der Waals surface area (Å²) >= 11 is 0. The van der Waals surface area contributed by atoms with Gasteiger partial charge >= 0.3 is 5.97 Å². The Hall–Kier alpha value is -1.89. The Morgan fingerprint density at radius 1 is 1.16 bits per heavy atom. The van der Waals surface area contributed by atoms with Gasteiger partial charge in [-0.25, -0.2) is 0 Å². The lowest BCUT2D eigenvalue weighted by molar-refractivity contribution is -0.155. The number of amides is 2.